The molecule has 0 aromatic heterocycles. The molecule has 0 saturated carbocycles. The van der Waals surface area contributed by atoms with Gasteiger partial charge in [-0.3, -0.25) is 0 Å². The summed E-state index contributed by atoms with van der Waals surface area (Å²) in [4.78, 5) is 0. The zero-order chi connectivity index (χ0) is 17.6. The van der Waals surface area contributed by atoms with Crippen LogP contribution in [0, 0.1) is 5.92 Å². The van der Waals surface area contributed by atoms with Gasteiger partial charge in [-0.05, 0) is 24.2 Å². The highest BCUT2D eigenvalue weighted by Gasteiger charge is 2.50. The van der Waals surface area contributed by atoms with Crippen LogP contribution in [0.2, 0.25) is 18.1 Å². The van der Waals surface area contributed by atoms with Crippen molar-refractivity contribution in [1.29, 1.82) is 0 Å². The van der Waals surface area contributed by atoms with Gasteiger partial charge in [-0.1, -0.05) is 27.7 Å². The molecule has 0 unspecified atom stereocenters. The number of hydrogen-bond donors (Lipinski definition) is 0. The Kier molecular flexibility index (Phi) is 5.17. The first-order valence-electron chi connectivity index (χ1n) is 6.96. The molecule has 1 aliphatic carbocycles. The number of rotatable bonds is 4. The highest BCUT2D eigenvalue weighted by atomic mass is 32.2. The third kappa shape index (κ3) is 4.26. The van der Waals surface area contributed by atoms with Crippen LogP contribution < -0.4 is 0 Å². The van der Waals surface area contributed by atoms with E-state index in [9.17, 15) is 21.6 Å². The van der Waals surface area contributed by atoms with Crippen molar-refractivity contribution < 1.29 is 30.2 Å². The molecule has 0 aromatic carbocycles. The van der Waals surface area contributed by atoms with Crippen LogP contribution in [0.25, 0.3) is 0 Å². The quantitative estimate of drug-likeness (QED) is 0.429. The molecule has 0 bridgehead atoms. The first-order valence-corrected chi connectivity index (χ1v) is 11.3. The molecular weight excluding hydrogens is 337 g/mol. The average Bonchev–Trinajstić information content (AvgIpc) is 2.53. The molecule has 1 rings (SSSR count). The summed E-state index contributed by atoms with van der Waals surface area (Å²) in [6.45, 7) is 12.0. The second-order valence-corrected chi connectivity index (χ2v) is 13.4. The fraction of sp³-hybridized carbons (Fsp3) is 0.846. The van der Waals surface area contributed by atoms with Crippen LogP contribution in [0.1, 0.15) is 34.1 Å². The fourth-order valence-corrected chi connectivity index (χ4v) is 3.72. The maximum absolute atomic E-state index is 12.3. The minimum absolute atomic E-state index is 0.0307. The molecule has 22 heavy (non-hydrogen) atoms. The molecule has 0 spiro atoms. The molecule has 2 atom stereocenters. The molecule has 130 valence electrons. The predicted octanol–water partition coefficient (Wildman–Crippen LogP) is 4.17. The first kappa shape index (κ1) is 19.5. The smallest absolute Gasteiger partial charge is 0.413 e. The van der Waals surface area contributed by atoms with E-state index in [1.54, 1.807) is 6.92 Å². The molecule has 0 heterocycles. The fourth-order valence-electron chi connectivity index (χ4n) is 1.81. The summed E-state index contributed by atoms with van der Waals surface area (Å²) in [6.07, 6.45) is 1.06. The third-order valence-corrected chi connectivity index (χ3v) is 9.69. The lowest BCUT2D eigenvalue weighted by atomic mass is 10.1. The first-order chi connectivity index (χ1) is 9.57. The Morgan fingerprint density at radius 3 is 2.14 bits per heavy atom. The molecule has 0 radical (unpaired) electrons. The van der Waals surface area contributed by atoms with E-state index in [2.05, 4.69) is 25.0 Å². The van der Waals surface area contributed by atoms with Crippen LogP contribution in [0.15, 0.2) is 11.8 Å². The highest BCUT2D eigenvalue weighted by Crippen LogP contribution is 2.41. The van der Waals surface area contributed by atoms with Gasteiger partial charge in [0.1, 0.15) is 5.76 Å². The van der Waals surface area contributed by atoms with E-state index in [1.807, 2.05) is 13.1 Å². The Balaban J connectivity index is 2.80. The van der Waals surface area contributed by atoms with Gasteiger partial charge < -0.3 is 8.61 Å². The Hall–Kier alpha value is -0.543. The zero-order valence-corrected chi connectivity index (χ0v) is 15.4. The standard InChI is InChI=1S/C13H23F3O4SSi/c1-9-7-10(19-21(17,18)13(14,15)16)8-11(9)20-22(5,6)12(2,3)4/h7,9,11H,8H2,1-6H3/t9-,11-/m0/s1. The molecule has 0 amide bonds. The van der Waals surface area contributed by atoms with E-state index in [1.165, 1.54) is 6.08 Å². The van der Waals surface area contributed by atoms with Gasteiger partial charge in [0, 0.05) is 12.3 Å². The van der Waals surface area contributed by atoms with Crippen molar-refractivity contribution in [3.05, 3.63) is 11.8 Å². The molecular formula is C13H23F3O4SSi. The molecule has 9 heteroatoms. The summed E-state index contributed by atoms with van der Waals surface area (Å²) >= 11 is 0. The molecule has 0 N–H and O–H groups in total. The van der Waals surface area contributed by atoms with Crippen LogP contribution in [0.4, 0.5) is 13.2 Å². The van der Waals surface area contributed by atoms with Gasteiger partial charge in [-0.15, -0.1) is 0 Å². The average molecular weight is 360 g/mol. The summed E-state index contributed by atoms with van der Waals surface area (Å²) in [7, 11) is -7.71. The Bertz CT molecular complexity index is 547. The van der Waals surface area contributed by atoms with Gasteiger partial charge in [0.15, 0.2) is 8.32 Å². The Morgan fingerprint density at radius 1 is 1.23 bits per heavy atom. The van der Waals surface area contributed by atoms with Gasteiger partial charge in [-0.2, -0.15) is 21.6 Å². The van der Waals surface area contributed by atoms with Crippen LogP contribution in [0.3, 0.4) is 0 Å². The Labute approximate surface area is 130 Å². The number of alkyl halides is 3. The SMILES string of the molecule is C[C@H]1C=C(OS(=O)(=O)C(F)(F)F)C[C@@H]1O[Si](C)(C)C(C)(C)C. The zero-order valence-electron chi connectivity index (χ0n) is 13.6. The highest BCUT2D eigenvalue weighted by molar-refractivity contribution is 7.87. The van der Waals surface area contributed by atoms with Gasteiger partial charge in [-0.25, -0.2) is 0 Å². The molecule has 0 aromatic rings. The van der Waals surface area contributed by atoms with Gasteiger partial charge in [0.2, 0.25) is 0 Å². The van der Waals surface area contributed by atoms with Crippen molar-refractivity contribution in [1.82, 2.24) is 0 Å². The summed E-state index contributed by atoms with van der Waals surface area (Å²) in [5.41, 5.74) is -5.42. The minimum atomic E-state index is -5.61. The van der Waals surface area contributed by atoms with E-state index in [0.29, 0.717) is 0 Å². The largest absolute Gasteiger partial charge is 0.534 e. The van der Waals surface area contributed by atoms with Crippen molar-refractivity contribution in [3.8, 4) is 0 Å². The Morgan fingerprint density at radius 2 is 1.73 bits per heavy atom. The van der Waals surface area contributed by atoms with Crippen LogP contribution in [0.5, 0.6) is 0 Å². The molecule has 1 aliphatic rings. The lowest BCUT2D eigenvalue weighted by Gasteiger charge is -2.39. The topological polar surface area (TPSA) is 52.6 Å². The summed E-state index contributed by atoms with van der Waals surface area (Å²) in [5.74, 6) is -0.402. The van der Waals surface area contributed by atoms with Crippen LogP contribution >= 0.6 is 0 Å². The van der Waals surface area contributed by atoms with E-state index in [0.717, 1.165) is 0 Å². The third-order valence-electron chi connectivity index (χ3n) is 4.19. The van der Waals surface area contributed by atoms with E-state index in [-0.39, 0.29) is 29.2 Å². The van der Waals surface area contributed by atoms with Gasteiger partial charge >= 0.3 is 15.6 Å². The predicted molar refractivity (Wildman–Crippen MR) is 80.0 cm³/mol. The summed E-state index contributed by atoms with van der Waals surface area (Å²) in [5, 5.41) is -0.0472. The van der Waals surface area contributed by atoms with Crippen LogP contribution in [-0.2, 0) is 18.7 Å². The second-order valence-electron chi connectivity index (χ2n) is 7.10. The maximum atomic E-state index is 12.3. The summed E-state index contributed by atoms with van der Waals surface area (Å²) < 4.78 is 69.5. The lowest BCUT2D eigenvalue weighted by molar-refractivity contribution is -0.0524. The molecule has 0 aliphatic heterocycles. The van der Waals surface area contributed by atoms with Gasteiger partial charge in [0.25, 0.3) is 0 Å². The monoisotopic (exact) mass is 360 g/mol. The van der Waals surface area contributed by atoms with E-state index >= 15 is 0 Å². The van der Waals surface area contributed by atoms with Crippen molar-refractivity contribution in [2.24, 2.45) is 5.92 Å². The lowest BCUT2D eigenvalue weighted by Crippen LogP contribution is -2.44. The number of halogens is 3. The second kappa shape index (κ2) is 5.83. The maximum Gasteiger partial charge on any atom is 0.534 e. The van der Waals surface area contributed by atoms with Crippen molar-refractivity contribution in [2.75, 3.05) is 0 Å². The van der Waals surface area contributed by atoms with Crippen molar-refractivity contribution in [2.45, 2.75) is 63.9 Å². The van der Waals surface area contributed by atoms with Gasteiger partial charge in [0.05, 0.1) is 6.10 Å². The van der Waals surface area contributed by atoms with Crippen molar-refractivity contribution >= 4 is 18.4 Å². The van der Waals surface area contributed by atoms with Crippen LogP contribution in [-0.4, -0.2) is 28.3 Å². The molecule has 0 saturated heterocycles. The molecule has 4 nitrogen and oxygen atoms in total. The number of hydrogen-bond acceptors (Lipinski definition) is 4. The van der Waals surface area contributed by atoms with Crippen molar-refractivity contribution in [3.63, 3.8) is 0 Å². The minimum Gasteiger partial charge on any atom is -0.413 e. The summed E-state index contributed by atoms with van der Waals surface area (Å²) in [6, 6.07) is 0. The molecule has 0 fully saturated rings. The van der Waals surface area contributed by atoms with E-state index in [4.69, 9.17) is 4.43 Å². The van der Waals surface area contributed by atoms with E-state index < -0.39 is 23.9 Å². The normalized spacial score (nSPS) is 24.3.